The van der Waals surface area contributed by atoms with E-state index in [2.05, 4.69) is 38.3 Å². The summed E-state index contributed by atoms with van der Waals surface area (Å²) in [6.07, 6.45) is 7.07. The SMILES string of the molecule is CCC(=O)OCCCCCCCCOc1ccc(N=Nc2ccc(N=Nc3ccc(N(CC)CCC#N)cc3)cc2)c(O)c1. The minimum Gasteiger partial charge on any atom is -0.505 e. The van der Waals surface area contributed by atoms with Gasteiger partial charge in [-0.05, 0) is 80.4 Å². The van der Waals surface area contributed by atoms with Crippen LogP contribution in [0.4, 0.5) is 28.4 Å². The number of phenols is 1. The normalized spacial score (nSPS) is 11.1. The zero-order valence-corrected chi connectivity index (χ0v) is 25.7. The van der Waals surface area contributed by atoms with E-state index in [0.717, 1.165) is 56.4 Å². The molecule has 3 aromatic rings. The summed E-state index contributed by atoms with van der Waals surface area (Å²) in [5.74, 6) is 0.450. The molecule has 44 heavy (non-hydrogen) atoms. The molecule has 0 saturated heterocycles. The lowest BCUT2D eigenvalue weighted by Crippen LogP contribution is -2.23. The number of carbonyl (C=O) groups is 1. The summed E-state index contributed by atoms with van der Waals surface area (Å²) in [6.45, 7) is 6.47. The molecular formula is C34H42N6O4. The average molecular weight is 599 g/mol. The molecule has 3 rings (SSSR count). The molecule has 0 radical (unpaired) electrons. The van der Waals surface area contributed by atoms with Crippen molar-refractivity contribution in [3.05, 3.63) is 66.7 Å². The second-order valence-electron chi connectivity index (χ2n) is 10.1. The summed E-state index contributed by atoms with van der Waals surface area (Å²) in [4.78, 5) is 13.2. The maximum Gasteiger partial charge on any atom is 0.305 e. The van der Waals surface area contributed by atoms with Crippen molar-refractivity contribution in [2.75, 3.05) is 31.2 Å². The number of nitriles is 1. The van der Waals surface area contributed by atoms with Crippen molar-refractivity contribution in [2.24, 2.45) is 20.5 Å². The second kappa shape index (κ2) is 19.4. The van der Waals surface area contributed by atoms with Gasteiger partial charge in [-0.15, -0.1) is 5.11 Å². The van der Waals surface area contributed by atoms with E-state index in [-0.39, 0.29) is 11.7 Å². The summed E-state index contributed by atoms with van der Waals surface area (Å²) in [6, 6.07) is 22.1. The van der Waals surface area contributed by atoms with E-state index in [1.807, 2.05) is 24.3 Å². The van der Waals surface area contributed by atoms with Crippen molar-refractivity contribution >= 4 is 34.4 Å². The third-order valence-electron chi connectivity index (χ3n) is 6.80. The molecule has 10 nitrogen and oxygen atoms in total. The van der Waals surface area contributed by atoms with Crippen LogP contribution in [0.2, 0.25) is 0 Å². The lowest BCUT2D eigenvalue weighted by atomic mass is 10.1. The summed E-state index contributed by atoms with van der Waals surface area (Å²) in [7, 11) is 0. The molecule has 0 amide bonds. The lowest BCUT2D eigenvalue weighted by molar-refractivity contribution is -0.143. The van der Waals surface area contributed by atoms with Gasteiger partial charge in [0.15, 0.2) is 0 Å². The minimum absolute atomic E-state index is 0.00131. The molecule has 1 N–H and O–H groups in total. The van der Waals surface area contributed by atoms with Gasteiger partial charge in [0.2, 0.25) is 0 Å². The van der Waals surface area contributed by atoms with Crippen molar-refractivity contribution in [1.82, 2.24) is 0 Å². The smallest absolute Gasteiger partial charge is 0.305 e. The topological polar surface area (TPSA) is 132 Å². The highest BCUT2D eigenvalue weighted by Gasteiger charge is 2.05. The first kappa shape index (κ1) is 33.7. The molecule has 10 heteroatoms. The fourth-order valence-corrected chi connectivity index (χ4v) is 4.26. The highest BCUT2D eigenvalue weighted by Crippen LogP contribution is 2.32. The Balaban J connectivity index is 1.39. The number of hydrogen-bond donors (Lipinski definition) is 1. The molecule has 232 valence electrons. The largest absolute Gasteiger partial charge is 0.505 e. The predicted octanol–water partition coefficient (Wildman–Crippen LogP) is 9.64. The van der Waals surface area contributed by atoms with Gasteiger partial charge >= 0.3 is 5.97 Å². The number of anilines is 1. The van der Waals surface area contributed by atoms with Gasteiger partial charge in [-0.3, -0.25) is 4.79 Å². The summed E-state index contributed by atoms with van der Waals surface area (Å²) in [5.41, 5.74) is 3.43. The Bertz CT molecular complexity index is 1380. The number of unbranched alkanes of at least 4 members (excludes halogenated alkanes) is 5. The molecule has 0 heterocycles. The van der Waals surface area contributed by atoms with Crippen molar-refractivity contribution < 1.29 is 19.4 Å². The predicted molar refractivity (Wildman–Crippen MR) is 172 cm³/mol. The van der Waals surface area contributed by atoms with Gasteiger partial charge in [0.1, 0.15) is 17.2 Å². The Morgan fingerprint density at radius 1 is 0.795 bits per heavy atom. The van der Waals surface area contributed by atoms with Crippen LogP contribution >= 0.6 is 0 Å². The Labute approximate surface area is 260 Å². The zero-order valence-electron chi connectivity index (χ0n) is 25.7. The van der Waals surface area contributed by atoms with Crippen molar-refractivity contribution in [3.8, 4) is 17.6 Å². The zero-order chi connectivity index (χ0) is 31.4. The number of rotatable bonds is 19. The molecule has 0 aliphatic heterocycles. The average Bonchev–Trinajstić information content (AvgIpc) is 3.05. The highest BCUT2D eigenvalue weighted by molar-refractivity contribution is 5.68. The van der Waals surface area contributed by atoms with Crippen LogP contribution in [0.1, 0.15) is 65.2 Å². The number of aromatic hydroxyl groups is 1. The van der Waals surface area contributed by atoms with Crippen LogP contribution in [0.5, 0.6) is 11.5 Å². The van der Waals surface area contributed by atoms with Gasteiger partial charge in [-0.1, -0.05) is 32.6 Å². The first-order valence-electron chi connectivity index (χ1n) is 15.3. The van der Waals surface area contributed by atoms with Crippen LogP contribution in [-0.4, -0.2) is 37.4 Å². The molecule has 0 aromatic heterocycles. The summed E-state index contributed by atoms with van der Waals surface area (Å²) >= 11 is 0. The van der Waals surface area contributed by atoms with Crippen LogP contribution in [0.25, 0.3) is 0 Å². The van der Waals surface area contributed by atoms with Crippen LogP contribution in [0, 0.1) is 11.3 Å². The van der Waals surface area contributed by atoms with E-state index in [0.29, 0.717) is 55.4 Å². The molecule has 0 aliphatic rings. The fraction of sp³-hybridized carbons (Fsp3) is 0.412. The third-order valence-corrected chi connectivity index (χ3v) is 6.80. The van der Waals surface area contributed by atoms with Crippen molar-refractivity contribution in [3.63, 3.8) is 0 Å². The molecule has 0 unspecified atom stereocenters. The van der Waals surface area contributed by atoms with E-state index in [9.17, 15) is 9.90 Å². The molecule has 0 aliphatic carbocycles. The molecule has 0 bridgehead atoms. The number of benzene rings is 3. The quantitative estimate of drug-likeness (QED) is 0.0830. The second-order valence-corrected chi connectivity index (χ2v) is 10.1. The van der Waals surface area contributed by atoms with E-state index >= 15 is 0 Å². The number of hydrogen-bond acceptors (Lipinski definition) is 10. The van der Waals surface area contributed by atoms with Crippen LogP contribution in [0.15, 0.2) is 87.2 Å². The molecule has 3 aromatic carbocycles. The lowest BCUT2D eigenvalue weighted by Gasteiger charge is -2.21. The van der Waals surface area contributed by atoms with E-state index in [1.54, 1.807) is 49.4 Å². The van der Waals surface area contributed by atoms with Gasteiger partial charge < -0.3 is 19.5 Å². The molecule has 0 spiro atoms. The molecule has 0 atom stereocenters. The summed E-state index contributed by atoms with van der Waals surface area (Å²) < 4.78 is 10.8. The molecular weight excluding hydrogens is 556 g/mol. The molecule has 0 fully saturated rings. The van der Waals surface area contributed by atoms with Gasteiger partial charge in [0.25, 0.3) is 0 Å². The van der Waals surface area contributed by atoms with Gasteiger partial charge in [0.05, 0.1) is 42.8 Å². The first-order valence-corrected chi connectivity index (χ1v) is 15.3. The van der Waals surface area contributed by atoms with E-state index in [1.165, 1.54) is 0 Å². The van der Waals surface area contributed by atoms with Crippen molar-refractivity contribution in [1.29, 1.82) is 5.26 Å². The minimum atomic E-state index is -0.136. The first-order chi connectivity index (χ1) is 21.5. The number of azo groups is 2. The van der Waals surface area contributed by atoms with E-state index in [4.69, 9.17) is 14.7 Å². The summed E-state index contributed by atoms with van der Waals surface area (Å²) in [5, 5.41) is 36.2. The van der Waals surface area contributed by atoms with Gasteiger partial charge in [0, 0.05) is 31.3 Å². The number of esters is 1. The maximum absolute atomic E-state index is 11.1. The highest BCUT2D eigenvalue weighted by atomic mass is 16.5. The fourth-order valence-electron chi connectivity index (χ4n) is 4.26. The Hall–Kier alpha value is -4.78. The Morgan fingerprint density at radius 2 is 1.36 bits per heavy atom. The van der Waals surface area contributed by atoms with Crippen molar-refractivity contribution in [2.45, 2.75) is 65.2 Å². The monoisotopic (exact) mass is 598 g/mol. The number of ether oxygens (including phenoxy) is 2. The van der Waals surface area contributed by atoms with E-state index < -0.39 is 0 Å². The number of carbonyl (C=O) groups excluding carboxylic acids is 1. The standard InChI is InChI=1S/C34H42N6O4/c1-3-34(42)44-25-10-8-6-5-7-9-24-43-31-20-21-32(33(41)26-31)39-38-28-14-12-27(13-15-28)36-37-29-16-18-30(19-17-29)40(4-2)23-11-22-35/h12-21,26,41H,3-11,23-25H2,1-2H3. The van der Waals surface area contributed by atoms with Gasteiger partial charge in [-0.25, -0.2) is 0 Å². The van der Waals surface area contributed by atoms with Crippen LogP contribution in [-0.2, 0) is 9.53 Å². The Morgan fingerprint density at radius 3 is 1.93 bits per heavy atom. The van der Waals surface area contributed by atoms with Gasteiger partial charge in [-0.2, -0.15) is 20.6 Å². The molecule has 0 saturated carbocycles. The maximum atomic E-state index is 11.1. The number of nitrogens with zero attached hydrogens (tertiary/aromatic N) is 6. The number of phenolic OH excluding ortho intramolecular Hbond substituents is 1. The van der Waals surface area contributed by atoms with Crippen LogP contribution in [0.3, 0.4) is 0 Å². The Kier molecular flexibility index (Phi) is 14.9. The van der Waals surface area contributed by atoms with Crippen LogP contribution < -0.4 is 9.64 Å². The third kappa shape index (κ3) is 12.2.